The maximum absolute atomic E-state index is 13.7. The number of carboxylic acid groups (broad SMARTS) is 1. The molecule has 1 unspecified atom stereocenters. The minimum atomic E-state index is -5.06. The van der Waals surface area contributed by atoms with Crippen LogP contribution in [0.25, 0.3) is 23.3 Å². The SMILES string of the molecule is C=CC=c1c(=CCC(=O)NC(C)c2ccc(C(F)(F)F)cc2C(F)(F)F)c(C)c(C)n1Cc1ccc(-c2ccccc2C(=O)O)cc1. The summed E-state index contributed by atoms with van der Waals surface area (Å²) in [4.78, 5) is 24.5. The lowest BCUT2D eigenvalue weighted by Crippen LogP contribution is -2.32. The van der Waals surface area contributed by atoms with Gasteiger partial charge in [0, 0.05) is 24.0 Å². The highest BCUT2D eigenvalue weighted by Gasteiger charge is 2.39. The zero-order valence-corrected chi connectivity index (χ0v) is 25.8. The second-order valence-corrected chi connectivity index (χ2v) is 11.0. The largest absolute Gasteiger partial charge is 0.478 e. The Morgan fingerprint density at radius 2 is 1.62 bits per heavy atom. The van der Waals surface area contributed by atoms with Crippen molar-refractivity contribution in [1.29, 1.82) is 0 Å². The number of aromatic nitrogens is 1. The van der Waals surface area contributed by atoms with E-state index < -0.39 is 47.0 Å². The highest BCUT2D eigenvalue weighted by atomic mass is 19.4. The van der Waals surface area contributed by atoms with Gasteiger partial charge in [-0.3, -0.25) is 4.79 Å². The summed E-state index contributed by atoms with van der Waals surface area (Å²) in [5.74, 6) is -1.64. The first kappa shape index (κ1) is 34.8. The molecule has 4 aromatic rings. The van der Waals surface area contributed by atoms with Gasteiger partial charge in [-0.1, -0.05) is 67.3 Å². The van der Waals surface area contributed by atoms with Gasteiger partial charge in [0.15, 0.2) is 0 Å². The van der Waals surface area contributed by atoms with Crippen molar-refractivity contribution in [2.24, 2.45) is 0 Å². The Kier molecular flexibility index (Phi) is 10.2. The van der Waals surface area contributed by atoms with Crippen LogP contribution < -0.4 is 15.9 Å². The van der Waals surface area contributed by atoms with Gasteiger partial charge < -0.3 is 15.0 Å². The number of rotatable bonds is 9. The van der Waals surface area contributed by atoms with E-state index in [9.17, 15) is 41.0 Å². The Hall–Kier alpha value is -5.06. The van der Waals surface area contributed by atoms with Gasteiger partial charge in [-0.25, -0.2) is 4.79 Å². The standard InChI is InChI=1S/C36H32F6N2O3/c1-5-8-32-27(17-18-33(45)43-22(3)28-16-15-26(35(37,38)39)19-31(28)36(40,41)42)21(2)23(4)44(32)20-24-11-13-25(14-12-24)29-9-6-7-10-30(29)34(46)47/h5-17,19,22H,1,18,20H2,2-4H3,(H,43,45)(H,46,47). The molecule has 2 N–H and O–H groups in total. The van der Waals surface area contributed by atoms with E-state index in [2.05, 4.69) is 11.9 Å². The summed E-state index contributed by atoms with van der Waals surface area (Å²) in [7, 11) is 0. The Balaban J connectivity index is 1.59. The van der Waals surface area contributed by atoms with Crippen molar-refractivity contribution in [3.8, 4) is 11.1 Å². The molecule has 47 heavy (non-hydrogen) atoms. The molecule has 0 aliphatic heterocycles. The maximum atomic E-state index is 13.7. The molecule has 1 aromatic heterocycles. The van der Waals surface area contributed by atoms with Gasteiger partial charge in [0.25, 0.3) is 0 Å². The van der Waals surface area contributed by atoms with Crippen LogP contribution in [0.15, 0.2) is 79.4 Å². The van der Waals surface area contributed by atoms with Crippen LogP contribution in [0, 0.1) is 13.8 Å². The number of allylic oxidation sites excluding steroid dienone is 1. The van der Waals surface area contributed by atoms with E-state index in [1.54, 1.807) is 42.5 Å². The minimum absolute atomic E-state index is 0.0544. The van der Waals surface area contributed by atoms with Crippen LogP contribution >= 0.6 is 0 Å². The number of alkyl halides is 6. The molecular weight excluding hydrogens is 622 g/mol. The maximum Gasteiger partial charge on any atom is 0.416 e. The molecule has 0 saturated carbocycles. The zero-order valence-electron chi connectivity index (χ0n) is 25.8. The third kappa shape index (κ3) is 7.85. The summed E-state index contributed by atoms with van der Waals surface area (Å²) in [6.07, 6.45) is -5.19. The molecule has 5 nitrogen and oxygen atoms in total. The number of aromatic carboxylic acids is 1. The van der Waals surface area contributed by atoms with Crippen LogP contribution in [-0.4, -0.2) is 21.6 Å². The average Bonchev–Trinajstić information content (AvgIpc) is 3.23. The molecule has 1 atom stereocenters. The van der Waals surface area contributed by atoms with Crippen molar-refractivity contribution >= 4 is 24.0 Å². The molecule has 1 heterocycles. The lowest BCUT2D eigenvalue weighted by Gasteiger charge is -2.21. The van der Waals surface area contributed by atoms with Gasteiger partial charge in [-0.2, -0.15) is 26.3 Å². The predicted octanol–water partition coefficient (Wildman–Crippen LogP) is 7.57. The van der Waals surface area contributed by atoms with E-state index >= 15 is 0 Å². The zero-order chi connectivity index (χ0) is 34.7. The molecule has 0 aliphatic rings. The smallest absolute Gasteiger partial charge is 0.416 e. The quantitative estimate of drug-likeness (QED) is 0.183. The second-order valence-electron chi connectivity index (χ2n) is 11.0. The average molecular weight is 655 g/mol. The van der Waals surface area contributed by atoms with Crippen LogP contribution in [0.3, 0.4) is 0 Å². The first-order valence-corrected chi connectivity index (χ1v) is 14.5. The third-order valence-corrected chi connectivity index (χ3v) is 7.98. The lowest BCUT2D eigenvalue weighted by molar-refractivity contribution is -0.143. The third-order valence-electron chi connectivity index (χ3n) is 7.98. The Morgan fingerprint density at radius 1 is 0.957 bits per heavy atom. The fourth-order valence-corrected chi connectivity index (χ4v) is 5.49. The molecule has 0 fully saturated rings. The number of hydrogen-bond donors (Lipinski definition) is 2. The first-order chi connectivity index (χ1) is 22.0. The van der Waals surface area contributed by atoms with E-state index in [-0.39, 0.29) is 18.1 Å². The molecule has 246 valence electrons. The van der Waals surface area contributed by atoms with Gasteiger partial charge in [0.05, 0.1) is 22.7 Å². The summed E-state index contributed by atoms with van der Waals surface area (Å²) in [6, 6.07) is 14.4. The molecule has 1 amide bonds. The molecule has 0 bridgehead atoms. The van der Waals surface area contributed by atoms with Gasteiger partial charge >= 0.3 is 18.3 Å². The van der Waals surface area contributed by atoms with Crippen molar-refractivity contribution in [2.75, 3.05) is 0 Å². The van der Waals surface area contributed by atoms with E-state index in [4.69, 9.17) is 0 Å². The number of benzene rings is 3. The monoisotopic (exact) mass is 654 g/mol. The van der Waals surface area contributed by atoms with Crippen molar-refractivity contribution in [2.45, 2.75) is 52.1 Å². The van der Waals surface area contributed by atoms with Gasteiger partial charge in [0.1, 0.15) is 0 Å². The van der Waals surface area contributed by atoms with E-state index in [1.807, 2.05) is 42.7 Å². The van der Waals surface area contributed by atoms with Crippen LogP contribution in [0.1, 0.15) is 63.3 Å². The number of nitrogens with zero attached hydrogens (tertiary/aromatic N) is 1. The van der Waals surface area contributed by atoms with Gasteiger partial charge in [0.2, 0.25) is 5.91 Å². The number of hydrogen-bond acceptors (Lipinski definition) is 2. The molecule has 3 aromatic carbocycles. The second kappa shape index (κ2) is 13.7. The van der Waals surface area contributed by atoms with Gasteiger partial charge in [-0.05, 0) is 78.1 Å². The highest BCUT2D eigenvalue weighted by Crippen LogP contribution is 2.39. The van der Waals surface area contributed by atoms with Crippen LogP contribution in [0.2, 0.25) is 0 Å². The molecular formula is C36H32F6N2O3. The number of carboxylic acids is 1. The summed E-state index contributed by atoms with van der Waals surface area (Å²) < 4.78 is 82.3. The normalized spacial score (nSPS) is 13.5. The molecule has 4 rings (SSSR count). The Bertz CT molecular complexity index is 1940. The van der Waals surface area contributed by atoms with Crippen LogP contribution in [0.4, 0.5) is 26.3 Å². The van der Waals surface area contributed by atoms with Crippen LogP contribution in [0.5, 0.6) is 0 Å². The van der Waals surface area contributed by atoms with E-state index in [0.29, 0.717) is 18.2 Å². The van der Waals surface area contributed by atoms with E-state index in [1.165, 1.54) is 6.92 Å². The number of carbonyl (C=O) groups is 2. The summed E-state index contributed by atoms with van der Waals surface area (Å²) in [6.45, 7) is 9.31. The molecule has 0 spiro atoms. The van der Waals surface area contributed by atoms with E-state index in [0.717, 1.165) is 39.0 Å². The van der Waals surface area contributed by atoms with Crippen molar-refractivity contribution in [3.05, 3.63) is 129 Å². The Labute approximate surface area is 267 Å². The van der Waals surface area contributed by atoms with Crippen molar-refractivity contribution in [3.63, 3.8) is 0 Å². The topological polar surface area (TPSA) is 71.3 Å². The van der Waals surface area contributed by atoms with Crippen molar-refractivity contribution in [1.82, 2.24) is 9.88 Å². The number of amides is 1. The summed E-state index contributed by atoms with van der Waals surface area (Å²) in [5.41, 5.74) is 0.861. The summed E-state index contributed by atoms with van der Waals surface area (Å²) in [5, 5.41) is 13.5. The summed E-state index contributed by atoms with van der Waals surface area (Å²) >= 11 is 0. The fraction of sp³-hybridized carbons (Fsp3) is 0.222. The predicted molar refractivity (Wildman–Crippen MR) is 168 cm³/mol. The molecule has 0 saturated heterocycles. The lowest BCUT2D eigenvalue weighted by atomic mass is 9.98. The fourth-order valence-electron chi connectivity index (χ4n) is 5.49. The molecule has 0 aliphatic carbocycles. The minimum Gasteiger partial charge on any atom is -0.478 e. The van der Waals surface area contributed by atoms with Crippen molar-refractivity contribution < 1.29 is 41.0 Å². The number of nitrogens with one attached hydrogen (secondary N) is 1. The molecule has 11 heteroatoms. The van der Waals surface area contributed by atoms with Crippen LogP contribution in [-0.2, 0) is 23.7 Å². The van der Waals surface area contributed by atoms with Gasteiger partial charge in [-0.15, -0.1) is 0 Å². The number of halogens is 6. The number of carbonyl (C=O) groups excluding carboxylic acids is 1. The first-order valence-electron chi connectivity index (χ1n) is 14.5. The Morgan fingerprint density at radius 3 is 2.21 bits per heavy atom. The molecule has 0 radical (unpaired) electrons. The highest BCUT2D eigenvalue weighted by molar-refractivity contribution is 5.96.